The quantitative estimate of drug-likeness (QED) is 0.766. The first-order valence-corrected chi connectivity index (χ1v) is 9.05. The Bertz CT molecular complexity index is 859. The molecule has 0 bridgehead atoms. The molecule has 1 amide bonds. The Labute approximate surface area is 150 Å². The molecule has 6 nitrogen and oxygen atoms in total. The number of carbonyl (C=O) groups excluding carboxylic acids is 1. The van der Waals surface area contributed by atoms with Crippen LogP contribution in [-0.2, 0) is 26.2 Å². The number of hydrogen-bond donors (Lipinski definition) is 1. The lowest BCUT2D eigenvalue weighted by Crippen LogP contribution is -2.28. The van der Waals surface area contributed by atoms with Crippen LogP contribution in [-0.4, -0.2) is 37.9 Å². The van der Waals surface area contributed by atoms with Crippen LogP contribution in [0, 0.1) is 0 Å². The van der Waals surface area contributed by atoms with Crippen molar-refractivity contribution in [2.24, 2.45) is 0 Å². The third-order valence-electron chi connectivity index (χ3n) is 4.35. The summed E-state index contributed by atoms with van der Waals surface area (Å²) in [6.45, 7) is 2.93. The predicted octanol–water partition coefficient (Wildman–Crippen LogP) is 2.65. The number of thiophene rings is 1. The molecule has 0 fully saturated rings. The van der Waals surface area contributed by atoms with Gasteiger partial charge in [-0.15, -0.1) is 11.3 Å². The lowest BCUT2D eigenvalue weighted by atomic mass is 10.2. The van der Waals surface area contributed by atoms with E-state index in [2.05, 4.69) is 37.6 Å². The SMILES string of the molecule is CN(Cc1ccccn1)C(=O)c1n[nH]c2c1CN(Cc1cccs1)C2. The Morgan fingerprint density at radius 2 is 2.24 bits per heavy atom. The number of carbonyl (C=O) groups is 1. The minimum Gasteiger partial charge on any atom is -0.334 e. The van der Waals surface area contributed by atoms with Gasteiger partial charge in [-0.05, 0) is 23.6 Å². The number of nitrogens with one attached hydrogen (secondary N) is 1. The van der Waals surface area contributed by atoms with Gasteiger partial charge in [0.05, 0.1) is 17.9 Å². The van der Waals surface area contributed by atoms with Crippen molar-refractivity contribution in [2.45, 2.75) is 26.2 Å². The molecule has 0 unspecified atom stereocenters. The van der Waals surface area contributed by atoms with Gasteiger partial charge in [0.15, 0.2) is 5.69 Å². The molecule has 0 spiro atoms. The molecule has 3 aromatic rings. The van der Waals surface area contributed by atoms with E-state index in [1.54, 1.807) is 29.5 Å². The molecule has 25 heavy (non-hydrogen) atoms. The Kier molecular flexibility index (Phi) is 4.33. The number of amides is 1. The van der Waals surface area contributed by atoms with E-state index in [1.165, 1.54) is 4.88 Å². The van der Waals surface area contributed by atoms with Crippen LogP contribution in [0.2, 0.25) is 0 Å². The van der Waals surface area contributed by atoms with Crippen molar-refractivity contribution >= 4 is 17.2 Å². The molecule has 7 heteroatoms. The molecule has 4 rings (SSSR count). The summed E-state index contributed by atoms with van der Waals surface area (Å²) < 4.78 is 0. The van der Waals surface area contributed by atoms with Gasteiger partial charge in [0.25, 0.3) is 5.91 Å². The van der Waals surface area contributed by atoms with Gasteiger partial charge >= 0.3 is 0 Å². The Balaban J connectivity index is 1.45. The number of pyridine rings is 1. The molecule has 0 radical (unpaired) electrons. The molecular weight excluding hydrogens is 334 g/mol. The average molecular weight is 353 g/mol. The van der Waals surface area contributed by atoms with Gasteiger partial charge in [-0.3, -0.25) is 19.8 Å². The summed E-state index contributed by atoms with van der Waals surface area (Å²) in [5.74, 6) is -0.0684. The van der Waals surface area contributed by atoms with E-state index >= 15 is 0 Å². The van der Waals surface area contributed by atoms with E-state index in [9.17, 15) is 4.79 Å². The lowest BCUT2D eigenvalue weighted by molar-refractivity contribution is 0.0775. The van der Waals surface area contributed by atoms with E-state index in [0.717, 1.165) is 36.6 Å². The van der Waals surface area contributed by atoms with E-state index < -0.39 is 0 Å². The number of aromatic nitrogens is 3. The monoisotopic (exact) mass is 353 g/mol. The topological polar surface area (TPSA) is 65.1 Å². The zero-order valence-corrected chi connectivity index (χ0v) is 14.8. The normalized spacial score (nSPS) is 13.8. The highest BCUT2D eigenvalue weighted by Crippen LogP contribution is 2.27. The molecule has 0 saturated carbocycles. The molecule has 1 aliphatic heterocycles. The van der Waals surface area contributed by atoms with Crippen molar-refractivity contribution in [3.8, 4) is 0 Å². The maximum Gasteiger partial charge on any atom is 0.274 e. The van der Waals surface area contributed by atoms with Gasteiger partial charge in [-0.2, -0.15) is 5.10 Å². The van der Waals surface area contributed by atoms with E-state index in [1.807, 2.05) is 18.2 Å². The van der Waals surface area contributed by atoms with Gasteiger partial charge in [-0.25, -0.2) is 0 Å². The van der Waals surface area contributed by atoms with Crippen molar-refractivity contribution in [3.63, 3.8) is 0 Å². The average Bonchev–Trinajstić information content (AvgIpc) is 3.33. The standard InChI is InChI=1S/C18H19N5OS/c1-22(9-13-5-2-3-7-19-13)18(24)17-15-11-23(12-16(15)20-21-17)10-14-6-4-8-25-14/h2-8H,9-12H2,1H3,(H,20,21). The maximum atomic E-state index is 12.8. The Morgan fingerprint density at radius 1 is 1.32 bits per heavy atom. The smallest absolute Gasteiger partial charge is 0.274 e. The number of nitrogens with zero attached hydrogens (tertiary/aromatic N) is 4. The zero-order valence-electron chi connectivity index (χ0n) is 14.0. The van der Waals surface area contributed by atoms with E-state index in [-0.39, 0.29) is 5.91 Å². The van der Waals surface area contributed by atoms with Crippen molar-refractivity contribution in [1.82, 2.24) is 25.0 Å². The van der Waals surface area contributed by atoms with Gasteiger partial charge in [0, 0.05) is 43.3 Å². The van der Waals surface area contributed by atoms with Gasteiger partial charge in [-0.1, -0.05) is 12.1 Å². The van der Waals surface area contributed by atoms with Crippen LogP contribution in [0.1, 0.15) is 32.3 Å². The van der Waals surface area contributed by atoms with Crippen LogP contribution < -0.4 is 0 Å². The molecule has 0 aromatic carbocycles. The zero-order chi connectivity index (χ0) is 17.2. The third-order valence-corrected chi connectivity index (χ3v) is 5.21. The molecule has 4 heterocycles. The third kappa shape index (κ3) is 3.33. The summed E-state index contributed by atoms with van der Waals surface area (Å²) in [5, 5.41) is 9.41. The molecular formula is C18H19N5OS. The fourth-order valence-electron chi connectivity index (χ4n) is 3.10. The Morgan fingerprint density at radius 3 is 3.00 bits per heavy atom. The maximum absolute atomic E-state index is 12.8. The highest BCUT2D eigenvalue weighted by atomic mass is 32.1. The summed E-state index contributed by atoms with van der Waals surface area (Å²) in [6.07, 6.45) is 1.74. The number of H-pyrrole nitrogens is 1. The van der Waals surface area contributed by atoms with Gasteiger partial charge in [0.2, 0.25) is 0 Å². The minimum atomic E-state index is -0.0684. The van der Waals surface area contributed by atoms with Crippen LogP contribution >= 0.6 is 11.3 Å². The van der Waals surface area contributed by atoms with Gasteiger partial charge < -0.3 is 4.90 Å². The molecule has 1 N–H and O–H groups in total. The fourth-order valence-corrected chi connectivity index (χ4v) is 3.85. The summed E-state index contributed by atoms with van der Waals surface area (Å²) in [4.78, 5) is 22.4. The highest BCUT2D eigenvalue weighted by Gasteiger charge is 2.29. The molecule has 0 atom stereocenters. The molecule has 1 aliphatic rings. The van der Waals surface area contributed by atoms with Crippen molar-refractivity contribution < 1.29 is 4.79 Å². The first kappa shape index (κ1) is 16.0. The highest BCUT2D eigenvalue weighted by molar-refractivity contribution is 7.09. The number of rotatable bonds is 5. The number of aromatic amines is 1. The second-order valence-electron chi connectivity index (χ2n) is 6.24. The summed E-state index contributed by atoms with van der Waals surface area (Å²) in [6, 6.07) is 9.92. The van der Waals surface area contributed by atoms with Crippen molar-refractivity contribution in [2.75, 3.05) is 7.05 Å². The molecule has 0 aliphatic carbocycles. The minimum absolute atomic E-state index is 0.0684. The lowest BCUT2D eigenvalue weighted by Gasteiger charge is -2.17. The van der Waals surface area contributed by atoms with Crippen molar-refractivity contribution in [3.05, 3.63) is 69.4 Å². The van der Waals surface area contributed by atoms with Crippen LogP contribution in [0.3, 0.4) is 0 Å². The summed E-state index contributed by atoms with van der Waals surface area (Å²) >= 11 is 1.76. The van der Waals surface area contributed by atoms with Crippen LogP contribution in [0.5, 0.6) is 0 Å². The summed E-state index contributed by atoms with van der Waals surface area (Å²) in [7, 11) is 1.79. The first-order valence-electron chi connectivity index (χ1n) is 8.17. The number of hydrogen-bond acceptors (Lipinski definition) is 5. The predicted molar refractivity (Wildman–Crippen MR) is 95.9 cm³/mol. The van der Waals surface area contributed by atoms with Gasteiger partial charge in [0.1, 0.15) is 0 Å². The van der Waals surface area contributed by atoms with E-state index in [0.29, 0.717) is 12.2 Å². The van der Waals surface area contributed by atoms with Crippen molar-refractivity contribution in [1.29, 1.82) is 0 Å². The fraction of sp³-hybridized carbons (Fsp3) is 0.278. The first-order chi connectivity index (χ1) is 12.2. The number of fused-ring (bicyclic) bond motifs is 1. The van der Waals surface area contributed by atoms with Crippen LogP contribution in [0.15, 0.2) is 41.9 Å². The van der Waals surface area contributed by atoms with E-state index in [4.69, 9.17) is 0 Å². The second-order valence-corrected chi connectivity index (χ2v) is 7.27. The van der Waals surface area contributed by atoms with Crippen LogP contribution in [0.4, 0.5) is 0 Å². The second kappa shape index (κ2) is 6.78. The largest absolute Gasteiger partial charge is 0.334 e. The Hall–Kier alpha value is -2.51. The molecule has 128 valence electrons. The molecule has 0 saturated heterocycles. The molecule has 3 aromatic heterocycles. The summed E-state index contributed by atoms with van der Waals surface area (Å²) in [5.41, 5.74) is 3.47. The van der Waals surface area contributed by atoms with Crippen LogP contribution in [0.25, 0.3) is 0 Å².